The van der Waals surface area contributed by atoms with Crippen LogP contribution in [-0.4, -0.2) is 46.5 Å². The second kappa shape index (κ2) is 6.25. The summed E-state index contributed by atoms with van der Waals surface area (Å²) < 4.78 is 13.2. The van der Waals surface area contributed by atoms with Crippen molar-refractivity contribution < 1.29 is 9.47 Å². The number of hydrogen-bond donors (Lipinski definition) is 0. The van der Waals surface area contributed by atoms with Crippen molar-refractivity contribution in [3.63, 3.8) is 0 Å². The number of aromatic nitrogens is 4. The molecule has 124 valence electrons. The lowest BCUT2D eigenvalue weighted by Crippen LogP contribution is -2.39. The van der Waals surface area contributed by atoms with Crippen LogP contribution in [0.25, 0.3) is 0 Å². The standard InChI is InChI=1S/C16H23N5O2/c1-12-5-6-17-7-13(12)20(4)14-8-21(19-18-14)9-15-22-10-16(2,3)11-23-15/h5-8,15H,9-11H2,1-4H3. The first-order chi connectivity index (χ1) is 10.9. The highest BCUT2D eigenvalue weighted by molar-refractivity contribution is 5.60. The van der Waals surface area contributed by atoms with Crippen LogP contribution < -0.4 is 4.90 Å². The highest BCUT2D eigenvalue weighted by atomic mass is 16.7. The Kier molecular flexibility index (Phi) is 4.32. The largest absolute Gasteiger partial charge is 0.350 e. The van der Waals surface area contributed by atoms with E-state index in [0.29, 0.717) is 19.8 Å². The molecule has 23 heavy (non-hydrogen) atoms. The summed E-state index contributed by atoms with van der Waals surface area (Å²) in [6.07, 6.45) is 5.22. The Bertz CT molecular complexity index is 660. The highest BCUT2D eigenvalue weighted by Gasteiger charge is 2.28. The van der Waals surface area contributed by atoms with Crippen molar-refractivity contribution in [1.29, 1.82) is 0 Å². The van der Waals surface area contributed by atoms with Gasteiger partial charge in [0.25, 0.3) is 0 Å². The molecular weight excluding hydrogens is 294 g/mol. The Labute approximate surface area is 136 Å². The van der Waals surface area contributed by atoms with E-state index in [-0.39, 0.29) is 11.7 Å². The zero-order valence-electron chi connectivity index (χ0n) is 14.1. The summed E-state index contributed by atoms with van der Waals surface area (Å²) in [5.41, 5.74) is 2.21. The summed E-state index contributed by atoms with van der Waals surface area (Å²) in [6, 6.07) is 1.97. The average Bonchev–Trinajstić information content (AvgIpc) is 2.98. The van der Waals surface area contributed by atoms with Gasteiger partial charge in [0, 0.05) is 18.7 Å². The van der Waals surface area contributed by atoms with E-state index in [9.17, 15) is 0 Å². The normalized spacial score (nSPS) is 18.1. The summed E-state index contributed by atoms with van der Waals surface area (Å²) in [7, 11) is 1.95. The van der Waals surface area contributed by atoms with Crippen LogP contribution in [0.2, 0.25) is 0 Å². The van der Waals surface area contributed by atoms with E-state index >= 15 is 0 Å². The monoisotopic (exact) mass is 317 g/mol. The lowest BCUT2D eigenvalue weighted by Gasteiger charge is -2.34. The van der Waals surface area contributed by atoms with Crippen LogP contribution in [0.4, 0.5) is 11.5 Å². The predicted octanol–water partition coefficient (Wildman–Crippen LogP) is 2.15. The van der Waals surface area contributed by atoms with E-state index in [0.717, 1.165) is 17.1 Å². The zero-order valence-corrected chi connectivity index (χ0v) is 14.1. The molecule has 2 aromatic heterocycles. The third kappa shape index (κ3) is 3.68. The lowest BCUT2D eigenvalue weighted by molar-refractivity contribution is -0.227. The molecule has 0 saturated carbocycles. The van der Waals surface area contributed by atoms with Gasteiger partial charge in [-0.05, 0) is 18.6 Å². The van der Waals surface area contributed by atoms with Gasteiger partial charge in [0.1, 0.15) is 0 Å². The predicted molar refractivity (Wildman–Crippen MR) is 86.5 cm³/mol. The molecule has 0 radical (unpaired) electrons. The maximum Gasteiger partial charge on any atom is 0.177 e. The van der Waals surface area contributed by atoms with Crippen molar-refractivity contribution in [3.05, 3.63) is 30.2 Å². The molecule has 0 aromatic carbocycles. The van der Waals surface area contributed by atoms with Crippen molar-refractivity contribution >= 4 is 11.5 Å². The molecule has 7 nitrogen and oxygen atoms in total. The van der Waals surface area contributed by atoms with Gasteiger partial charge in [-0.1, -0.05) is 19.1 Å². The molecule has 1 saturated heterocycles. The molecule has 0 aliphatic carbocycles. The molecule has 3 rings (SSSR count). The van der Waals surface area contributed by atoms with Gasteiger partial charge in [-0.2, -0.15) is 0 Å². The van der Waals surface area contributed by atoms with Gasteiger partial charge in [-0.3, -0.25) is 4.98 Å². The minimum absolute atomic E-state index is 0.0715. The molecule has 2 aromatic rings. The molecular formula is C16H23N5O2. The zero-order chi connectivity index (χ0) is 16.4. The molecule has 7 heteroatoms. The number of pyridine rings is 1. The molecule has 0 atom stereocenters. The Morgan fingerprint density at radius 2 is 2.09 bits per heavy atom. The van der Waals surface area contributed by atoms with Crippen molar-refractivity contribution in [2.45, 2.75) is 33.6 Å². The summed E-state index contributed by atoms with van der Waals surface area (Å²) >= 11 is 0. The molecule has 0 unspecified atom stereocenters. The van der Waals surface area contributed by atoms with Crippen LogP contribution in [0.3, 0.4) is 0 Å². The van der Waals surface area contributed by atoms with E-state index in [4.69, 9.17) is 9.47 Å². The first-order valence-electron chi connectivity index (χ1n) is 7.72. The van der Waals surface area contributed by atoms with Crippen molar-refractivity contribution in [2.75, 3.05) is 25.2 Å². The first-order valence-corrected chi connectivity index (χ1v) is 7.72. The molecule has 0 bridgehead atoms. The summed E-state index contributed by atoms with van der Waals surface area (Å²) in [5.74, 6) is 0.761. The van der Waals surface area contributed by atoms with Crippen LogP contribution >= 0.6 is 0 Å². The quantitative estimate of drug-likeness (QED) is 0.861. The number of aryl methyl sites for hydroxylation is 1. The Balaban J connectivity index is 1.65. The topological polar surface area (TPSA) is 65.3 Å². The van der Waals surface area contributed by atoms with E-state index in [1.807, 2.05) is 37.3 Å². The van der Waals surface area contributed by atoms with E-state index < -0.39 is 0 Å². The van der Waals surface area contributed by atoms with Crippen molar-refractivity contribution in [3.8, 4) is 0 Å². The van der Waals surface area contributed by atoms with E-state index in [2.05, 4.69) is 29.1 Å². The van der Waals surface area contributed by atoms with Gasteiger partial charge in [0.05, 0.1) is 37.8 Å². The maximum atomic E-state index is 5.74. The van der Waals surface area contributed by atoms with Gasteiger partial charge < -0.3 is 14.4 Å². The molecule has 3 heterocycles. The van der Waals surface area contributed by atoms with Gasteiger partial charge in [0.2, 0.25) is 0 Å². The maximum absolute atomic E-state index is 5.74. The summed E-state index contributed by atoms with van der Waals surface area (Å²) in [5, 5.41) is 8.40. The summed E-state index contributed by atoms with van der Waals surface area (Å²) in [6.45, 7) is 8.21. The number of hydrogen-bond acceptors (Lipinski definition) is 6. The van der Waals surface area contributed by atoms with Crippen LogP contribution in [0.5, 0.6) is 0 Å². The average molecular weight is 317 g/mol. The Hall–Kier alpha value is -1.99. The minimum Gasteiger partial charge on any atom is -0.350 e. The molecule has 1 aliphatic rings. The van der Waals surface area contributed by atoms with Crippen LogP contribution in [0.1, 0.15) is 19.4 Å². The Morgan fingerprint density at radius 1 is 1.35 bits per heavy atom. The number of rotatable bonds is 4. The van der Waals surface area contributed by atoms with Gasteiger partial charge >= 0.3 is 0 Å². The molecule has 0 N–H and O–H groups in total. The van der Waals surface area contributed by atoms with E-state index in [1.165, 1.54) is 0 Å². The van der Waals surface area contributed by atoms with Crippen molar-refractivity contribution in [1.82, 2.24) is 20.0 Å². The second-order valence-corrected chi connectivity index (χ2v) is 6.74. The fraction of sp³-hybridized carbons (Fsp3) is 0.562. The van der Waals surface area contributed by atoms with Crippen LogP contribution in [-0.2, 0) is 16.0 Å². The van der Waals surface area contributed by atoms with Crippen LogP contribution in [0.15, 0.2) is 24.7 Å². The number of nitrogens with zero attached hydrogens (tertiary/aromatic N) is 5. The molecule has 0 spiro atoms. The molecule has 0 amide bonds. The Morgan fingerprint density at radius 3 is 2.78 bits per heavy atom. The van der Waals surface area contributed by atoms with Crippen molar-refractivity contribution in [2.24, 2.45) is 5.41 Å². The highest BCUT2D eigenvalue weighted by Crippen LogP contribution is 2.25. The first kappa shape index (κ1) is 15.9. The fourth-order valence-corrected chi connectivity index (χ4v) is 2.45. The third-order valence-electron chi connectivity index (χ3n) is 3.90. The molecule has 1 fully saturated rings. The smallest absolute Gasteiger partial charge is 0.177 e. The second-order valence-electron chi connectivity index (χ2n) is 6.74. The lowest BCUT2D eigenvalue weighted by atomic mass is 9.96. The van der Waals surface area contributed by atoms with Gasteiger partial charge in [-0.15, -0.1) is 5.10 Å². The third-order valence-corrected chi connectivity index (χ3v) is 3.90. The number of ether oxygens (including phenoxy) is 2. The SMILES string of the molecule is Cc1ccncc1N(C)c1cn(CC2OCC(C)(C)CO2)nn1. The summed E-state index contributed by atoms with van der Waals surface area (Å²) in [4.78, 5) is 6.14. The van der Waals surface area contributed by atoms with Gasteiger partial charge in [0.15, 0.2) is 12.1 Å². The minimum atomic E-state index is -0.275. The van der Waals surface area contributed by atoms with Gasteiger partial charge in [-0.25, -0.2) is 4.68 Å². The molecule has 1 aliphatic heterocycles. The van der Waals surface area contributed by atoms with Crippen LogP contribution in [0, 0.1) is 12.3 Å². The fourth-order valence-electron chi connectivity index (χ4n) is 2.45. The number of anilines is 2. The van der Waals surface area contributed by atoms with E-state index in [1.54, 1.807) is 10.9 Å².